The number of anilines is 1. The van der Waals surface area contributed by atoms with Gasteiger partial charge in [0.05, 0.1) is 12.1 Å². The van der Waals surface area contributed by atoms with E-state index in [9.17, 15) is 4.79 Å². The summed E-state index contributed by atoms with van der Waals surface area (Å²) in [7, 11) is 0. The number of carbonyl (C=O) groups is 1. The third-order valence-corrected chi connectivity index (χ3v) is 2.61. The maximum Gasteiger partial charge on any atom is 0.335 e. The number of carboxylic acid groups (broad SMARTS) is 1. The average Bonchev–Trinajstić information content (AvgIpc) is 2.81. The molecule has 0 radical (unpaired) electrons. The molecule has 2 heterocycles. The van der Waals surface area contributed by atoms with E-state index in [4.69, 9.17) is 9.63 Å². The molecule has 2 aromatic heterocycles. The Bertz CT molecular complexity index is 593. The summed E-state index contributed by atoms with van der Waals surface area (Å²) in [5.74, 6) is 0.299. The van der Waals surface area contributed by atoms with Crippen LogP contribution in [0.25, 0.3) is 0 Å². The van der Waals surface area contributed by atoms with Crippen LogP contribution in [0.3, 0.4) is 0 Å². The minimum Gasteiger partial charge on any atom is -0.478 e. The van der Waals surface area contributed by atoms with Crippen LogP contribution in [0, 0.1) is 6.92 Å². The van der Waals surface area contributed by atoms with Gasteiger partial charge in [-0.15, -0.1) is 0 Å². The number of carboxylic acids is 1. The fourth-order valence-electron chi connectivity index (χ4n) is 1.67. The molecule has 0 saturated heterocycles. The molecular weight excluding hydrogens is 246 g/mol. The van der Waals surface area contributed by atoms with Gasteiger partial charge < -0.3 is 14.9 Å². The maximum absolute atomic E-state index is 11.0. The monoisotopic (exact) mass is 261 g/mol. The number of aryl methyl sites for hydroxylation is 2. The van der Waals surface area contributed by atoms with Gasteiger partial charge in [0.1, 0.15) is 17.3 Å². The summed E-state index contributed by atoms with van der Waals surface area (Å²) in [6.07, 6.45) is 0.679. The largest absolute Gasteiger partial charge is 0.478 e. The van der Waals surface area contributed by atoms with Crippen molar-refractivity contribution >= 4 is 11.8 Å². The molecule has 0 fully saturated rings. The molecule has 0 aliphatic rings. The van der Waals surface area contributed by atoms with Gasteiger partial charge in [0.15, 0.2) is 0 Å². The molecule has 19 heavy (non-hydrogen) atoms. The highest BCUT2D eigenvalue weighted by Gasteiger charge is 2.08. The van der Waals surface area contributed by atoms with Gasteiger partial charge in [0.2, 0.25) is 0 Å². The molecule has 0 aliphatic carbocycles. The lowest BCUT2D eigenvalue weighted by atomic mass is 10.2. The molecule has 2 rings (SSSR count). The quantitative estimate of drug-likeness (QED) is 0.858. The van der Waals surface area contributed by atoms with Crippen LogP contribution in [0.2, 0.25) is 0 Å². The van der Waals surface area contributed by atoms with Crippen molar-refractivity contribution in [1.82, 2.24) is 10.1 Å². The molecule has 0 saturated carbocycles. The highest BCUT2D eigenvalue weighted by molar-refractivity contribution is 5.88. The van der Waals surface area contributed by atoms with Crippen molar-refractivity contribution in [3.8, 4) is 0 Å². The molecule has 0 amide bonds. The van der Waals surface area contributed by atoms with Crippen molar-refractivity contribution in [3.05, 3.63) is 40.9 Å². The van der Waals surface area contributed by atoms with E-state index in [1.165, 1.54) is 6.07 Å². The van der Waals surface area contributed by atoms with Crippen LogP contribution < -0.4 is 5.32 Å². The first-order valence-corrected chi connectivity index (χ1v) is 5.99. The fraction of sp³-hybridized carbons (Fsp3) is 0.308. The van der Waals surface area contributed by atoms with E-state index in [1.54, 1.807) is 6.07 Å². The Morgan fingerprint density at radius 3 is 2.74 bits per heavy atom. The van der Waals surface area contributed by atoms with E-state index in [2.05, 4.69) is 15.5 Å². The van der Waals surface area contributed by atoms with E-state index in [1.807, 2.05) is 19.9 Å². The van der Waals surface area contributed by atoms with Gasteiger partial charge in [-0.3, -0.25) is 0 Å². The van der Waals surface area contributed by atoms with E-state index in [0.29, 0.717) is 18.8 Å². The van der Waals surface area contributed by atoms with E-state index >= 15 is 0 Å². The van der Waals surface area contributed by atoms with Crippen LogP contribution in [0.5, 0.6) is 0 Å². The second kappa shape index (κ2) is 5.51. The Balaban J connectivity index is 2.15. The molecule has 6 heteroatoms. The van der Waals surface area contributed by atoms with Crippen molar-refractivity contribution in [2.45, 2.75) is 26.8 Å². The average molecular weight is 261 g/mol. The zero-order valence-electron chi connectivity index (χ0n) is 10.8. The number of rotatable bonds is 5. The normalized spacial score (nSPS) is 10.4. The van der Waals surface area contributed by atoms with Crippen molar-refractivity contribution in [3.63, 3.8) is 0 Å². The Hall–Kier alpha value is -2.37. The molecule has 2 aromatic rings. The first-order valence-electron chi connectivity index (χ1n) is 5.99. The molecule has 6 nitrogen and oxygen atoms in total. The first-order chi connectivity index (χ1) is 9.08. The summed E-state index contributed by atoms with van der Waals surface area (Å²) in [4.78, 5) is 15.3. The van der Waals surface area contributed by atoms with Gasteiger partial charge in [0, 0.05) is 11.8 Å². The SMILES string of the molecule is CCc1cc(C(=O)O)cc(NCc2cc(C)on2)n1. The predicted molar refractivity (Wildman–Crippen MR) is 69.1 cm³/mol. The number of hydrogen-bond acceptors (Lipinski definition) is 5. The summed E-state index contributed by atoms with van der Waals surface area (Å²) >= 11 is 0. The van der Waals surface area contributed by atoms with Crippen LogP contribution >= 0.6 is 0 Å². The second-order valence-electron chi connectivity index (χ2n) is 4.17. The molecule has 0 bridgehead atoms. The van der Waals surface area contributed by atoms with Gasteiger partial charge in [-0.2, -0.15) is 0 Å². The standard InChI is InChI=1S/C13H15N3O3/c1-3-10-5-9(13(17)18)6-12(15-10)14-7-11-4-8(2)19-16-11/h4-6H,3,7H2,1-2H3,(H,14,15)(H,17,18). The van der Waals surface area contributed by atoms with Crippen molar-refractivity contribution in [2.75, 3.05) is 5.32 Å². The lowest BCUT2D eigenvalue weighted by molar-refractivity contribution is 0.0696. The highest BCUT2D eigenvalue weighted by Crippen LogP contribution is 2.13. The Morgan fingerprint density at radius 1 is 1.37 bits per heavy atom. The summed E-state index contributed by atoms with van der Waals surface area (Å²) in [6, 6.07) is 4.90. The maximum atomic E-state index is 11.0. The van der Waals surface area contributed by atoms with Crippen LogP contribution in [-0.2, 0) is 13.0 Å². The number of aromatic nitrogens is 2. The van der Waals surface area contributed by atoms with E-state index in [-0.39, 0.29) is 5.56 Å². The summed E-state index contributed by atoms with van der Waals surface area (Å²) in [6.45, 7) is 4.18. The molecular formula is C13H15N3O3. The lowest BCUT2D eigenvalue weighted by Crippen LogP contribution is -2.06. The predicted octanol–water partition coefficient (Wildman–Crippen LogP) is 2.25. The smallest absolute Gasteiger partial charge is 0.335 e. The number of pyridine rings is 1. The molecule has 100 valence electrons. The highest BCUT2D eigenvalue weighted by atomic mass is 16.5. The number of hydrogen-bond donors (Lipinski definition) is 2. The van der Waals surface area contributed by atoms with Crippen LogP contribution in [0.1, 0.15) is 34.4 Å². The van der Waals surface area contributed by atoms with Crippen LogP contribution in [0.4, 0.5) is 5.82 Å². The van der Waals surface area contributed by atoms with Gasteiger partial charge in [-0.25, -0.2) is 9.78 Å². The number of nitrogens with zero attached hydrogens (tertiary/aromatic N) is 2. The van der Waals surface area contributed by atoms with Crippen LogP contribution in [0.15, 0.2) is 22.7 Å². The Labute approximate surface area is 110 Å². The molecule has 0 unspecified atom stereocenters. The number of nitrogens with one attached hydrogen (secondary N) is 1. The Morgan fingerprint density at radius 2 is 2.16 bits per heavy atom. The second-order valence-corrected chi connectivity index (χ2v) is 4.17. The zero-order valence-corrected chi connectivity index (χ0v) is 10.8. The van der Waals surface area contributed by atoms with Gasteiger partial charge in [0.25, 0.3) is 0 Å². The Kier molecular flexibility index (Phi) is 3.79. The molecule has 0 spiro atoms. The summed E-state index contributed by atoms with van der Waals surface area (Å²) in [5.41, 5.74) is 1.71. The fourth-order valence-corrected chi connectivity index (χ4v) is 1.67. The molecule has 0 aromatic carbocycles. The molecule has 0 atom stereocenters. The third-order valence-electron chi connectivity index (χ3n) is 2.61. The van der Waals surface area contributed by atoms with Gasteiger partial charge in [-0.1, -0.05) is 12.1 Å². The van der Waals surface area contributed by atoms with E-state index < -0.39 is 5.97 Å². The third kappa shape index (κ3) is 3.31. The van der Waals surface area contributed by atoms with Gasteiger partial charge in [-0.05, 0) is 25.5 Å². The molecule has 0 aliphatic heterocycles. The van der Waals surface area contributed by atoms with Crippen LogP contribution in [-0.4, -0.2) is 21.2 Å². The van der Waals surface area contributed by atoms with Crippen molar-refractivity contribution in [1.29, 1.82) is 0 Å². The van der Waals surface area contributed by atoms with Crippen molar-refractivity contribution in [2.24, 2.45) is 0 Å². The van der Waals surface area contributed by atoms with Crippen molar-refractivity contribution < 1.29 is 14.4 Å². The summed E-state index contributed by atoms with van der Waals surface area (Å²) in [5, 5.41) is 15.9. The topological polar surface area (TPSA) is 88.2 Å². The molecule has 2 N–H and O–H groups in total. The van der Waals surface area contributed by atoms with Gasteiger partial charge >= 0.3 is 5.97 Å². The lowest BCUT2D eigenvalue weighted by Gasteiger charge is -2.07. The zero-order chi connectivity index (χ0) is 13.8. The van der Waals surface area contributed by atoms with E-state index in [0.717, 1.165) is 17.1 Å². The minimum absolute atomic E-state index is 0.227. The summed E-state index contributed by atoms with van der Waals surface area (Å²) < 4.78 is 4.96. The minimum atomic E-state index is -0.961. The first kappa shape index (κ1) is 13.1. The number of aromatic carboxylic acids is 1.